The largest absolute Gasteiger partial charge is 0.337 e. The summed E-state index contributed by atoms with van der Waals surface area (Å²) >= 11 is 0. The molecule has 1 unspecified atom stereocenters. The van der Waals surface area contributed by atoms with Crippen LogP contribution in [-0.2, 0) is 0 Å². The molecular weight excluding hydrogens is 332 g/mol. The number of rotatable bonds is 6. The van der Waals surface area contributed by atoms with E-state index in [-0.39, 0.29) is 17.4 Å². The molecule has 2 rings (SSSR count). The fraction of sp³-hybridized carbons (Fsp3) is 0.458. The highest BCUT2D eigenvalue weighted by atomic mass is 16.2. The summed E-state index contributed by atoms with van der Waals surface area (Å²) in [5.41, 5.74) is 3.76. The molecule has 0 spiro atoms. The van der Waals surface area contributed by atoms with Crippen LogP contribution in [0.1, 0.15) is 51.7 Å². The van der Waals surface area contributed by atoms with Crippen LogP contribution in [0.3, 0.4) is 0 Å². The molecule has 0 saturated carbocycles. The summed E-state index contributed by atoms with van der Waals surface area (Å²) in [5.74, 6) is 0.742. The summed E-state index contributed by atoms with van der Waals surface area (Å²) in [4.78, 5) is 13.9. The van der Waals surface area contributed by atoms with Crippen LogP contribution in [0.25, 0.3) is 5.57 Å². The van der Waals surface area contributed by atoms with Gasteiger partial charge >= 0.3 is 6.03 Å². The number of benzene rings is 1. The van der Waals surface area contributed by atoms with Crippen LogP contribution >= 0.6 is 0 Å². The maximum atomic E-state index is 12.2. The van der Waals surface area contributed by atoms with Gasteiger partial charge in [-0.1, -0.05) is 89.3 Å². The Morgan fingerprint density at radius 2 is 1.78 bits per heavy atom. The molecule has 146 valence electrons. The van der Waals surface area contributed by atoms with Crippen LogP contribution in [0.15, 0.2) is 54.6 Å². The summed E-state index contributed by atoms with van der Waals surface area (Å²) in [5, 5.41) is 3.04. The van der Waals surface area contributed by atoms with Crippen LogP contribution in [0.2, 0.25) is 0 Å². The van der Waals surface area contributed by atoms with Gasteiger partial charge in [-0.15, -0.1) is 0 Å². The highest BCUT2D eigenvalue weighted by molar-refractivity contribution is 5.76. The smallest absolute Gasteiger partial charge is 0.317 e. The molecule has 0 fully saturated rings. The van der Waals surface area contributed by atoms with Crippen LogP contribution in [0, 0.1) is 11.3 Å². The van der Waals surface area contributed by atoms with Crippen molar-refractivity contribution >= 4 is 11.6 Å². The molecule has 0 bridgehead atoms. The van der Waals surface area contributed by atoms with Gasteiger partial charge in [-0.2, -0.15) is 0 Å². The van der Waals surface area contributed by atoms with Crippen molar-refractivity contribution in [2.45, 2.75) is 40.5 Å². The molecule has 1 aromatic carbocycles. The average Bonchev–Trinajstić information content (AvgIpc) is 2.79. The number of hydrogen-bond acceptors (Lipinski definition) is 1. The zero-order chi connectivity index (χ0) is 20.0. The molecule has 1 aliphatic rings. The van der Waals surface area contributed by atoms with Gasteiger partial charge in [0, 0.05) is 25.6 Å². The molecule has 0 saturated heterocycles. The second-order valence-corrected chi connectivity index (χ2v) is 8.62. The van der Waals surface area contributed by atoms with Gasteiger partial charge in [0.25, 0.3) is 0 Å². The van der Waals surface area contributed by atoms with E-state index in [2.05, 4.69) is 94.6 Å². The standard InChI is InChI=1S/C24H34N2O/c1-18(2)17-26(6)23(27)25-16-19(3)20-9-11-22(12-10-20)21-8-7-14-24(4,5)15-13-21/h7-15,18-19H,16-17H2,1-6H3,(H,25,27). The first-order valence-corrected chi connectivity index (χ1v) is 9.86. The van der Waals surface area contributed by atoms with E-state index in [0.29, 0.717) is 12.5 Å². The van der Waals surface area contributed by atoms with E-state index < -0.39 is 0 Å². The van der Waals surface area contributed by atoms with Gasteiger partial charge in [0.2, 0.25) is 0 Å². The van der Waals surface area contributed by atoms with Crippen LogP contribution in [-0.4, -0.2) is 31.1 Å². The maximum absolute atomic E-state index is 12.2. The Morgan fingerprint density at radius 3 is 2.41 bits per heavy atom. The number of carbonyl (C=O) groups is 1. The van der Waals surface area contributed by atoms with Gasteiger partial charge in [-0.25, -0.2) is 4.79 Å². The maximum Gasteiger partial charge on any atom is 0.317 e. The Balaban J connectivity index is 1.96. The predicted molar refractivity (Wildman–Crippen MR) is 116 cm³/mol. The highest BCUT2D eigenvalue weighted by Crippen LogP contribution is 2.27. The van der Waals surface area contributed by atoms with E-state index in [1.54, 1.807) is 4.90 Å². The van der Waals surface area contributed by atoms with E-state index in [9.17, 15) is 4.79 Å². The monoisotopic (exact) mass is 366 g/mol. The third-order valence-corrected chi connectivity index (χ3v) is 4.85. The predicted octanol–water partition coefficient (Wildman–Crippen LogP) is 5.62. The molecule has 3 nitrogen and oxygen atoms in total. The van der Waals surface area contributed by atoms with E-state index in [1.165, 1.54) is 16.7 Å². The Bertz CT molecular complexity index is 723. The van der Waals surface area contributed by atoms with Crippen LogP contribution in [0.5, 0.6) is 0 Å². The van der Waals surface area contributed by atoms with Crippen molar-refractivity contribution in [1.29, 1.82) is 0 Å². The quantitative estimate of drug-likeness (QED) is 0.696. The normalized spacial score (nSPS) is 16.6. The number of nitrogens with one attached hydrogen (secondary N) is 1. The van der Waals surface area contributed by atoms with Gasteiger partial charge in [0.1, 0.15) is 0 Å². The SMILES string of the molecule is CC(C)CN(C)C(=O)NCC(C)c1ccc(C2=CC=CC(C)(C)C=C2)cc1. The molecule has 3 heteroatoms. The number of carbonyl (C=O) groups excluding carboxylic acids is 1. The minimum atomic E-state index is -0.00433. The van der Waals surface area contributed by atoms with E-state index in [1.807, 2.05) is 7.05 Å². The van der Waals surface area contributed by atoms with Gasteiger partial charge in [-0.3, -0.25) is 0 Å². The minimum absolute atomic E-state index is 0.00433. The first kappa shape index (κ1) is 21.0. The lowest BCUT2D eigenvalue weighted by Gasteiger charge is -2.21. The van der Waals surface area contributed by atoms with Crippen molar-refractivity contribution in [1.82, 2.24) is 10.2 Å². The lowest BCUT2D eigenvalue weighted by atomic mass is 9.92. The lowest BCUT2D eigenvalue weighted by molar-refractivity contribution is 0.203. The Morgan fingerprint density at radius 1 is 1.11 bits per heavy atom. The number of urea groups is 1. The van der Waals surface area contributed by atoms with Gasteiger partial charge in [-0.05, 0) is 28.5 Å². The van der Waals surface area contributed by atoms with Crippen LogP contribution < -0.4 is 5.32 Å². The molecular formula is C24H34N2O. The first-order valence-electron chi connectivity index (χ1n) is 9.86. The van der Waals surface area contributed by atoms with E-state index >= 15 is 0 Å². The summed E-state index contributed by atoms with van der Waals surface area (Å²) in [7, 11) is 1.85. The minimum Gasteiger partial charge on any atom is -0.337 e. The molecule has 0 radical (unpaired) electrons. The number of amides is 2. The van der Waals surface area contributed by atoms with E-state index in [0.717, 1.165) is 6.54 Å². The third kappa shape index (κ3) is 6.42. The van der Waals surface area contributed by atoms with Gasteiger partial charge < -0.3 is 10.2 Å². The third-order valence-electron chi connectivity index (χ3n) is 4.85. The molecule has 2 amide bonds. The van der Waals surface area contributed by atoms with Crippen molar-refractivity contribution in [3.8, 4) is 0 Å². The topological polar surface area (TPSA) is 32.3 Å². The lowest BCUT2D eigenvalue weighted by Crippen LogP contribution is -2.40. The van der Waals surface area contributed by atoms with Crippen molar-refractivity contribution < 1.29 is 4.79 Å². The summed E-state index contributed by atoms with van der Waals surface area (Å²) in [6.45, 7) is 12.2. The van der Waals surface area contributed by atoms with E-state index in [4.69, 9.17) is 0 Å². The average molecular weight is 367 g/mol. The number of hydrogen-bond donors (Lipinski definition) is 1. The summed E-state index contributed by atoms with van der Waals surface area (Å²) in [6.07, 6.45) is 10.9. The number of nitrogens with zero attached hydrogens (tertiary/aromatic N) is 1. The molecule has 27 heavy (non-hydrogen) atoms. The fourth-order valence-electron chi connectivity index (χ4n) is 3.14. The molecule has 1 N–H and O–H groups in total. The zero-order valence-corrected chi connectivity index (χ0v) is 17.6. The Hall–Kier alpha value is -2.29. The van der Waals surface area contributed by atoms with Crippen molar-refractivity contribution in [3.63, 3.8) is 0 Å². The Labute approximate surface area is 164 Å². The molecule has 0 aromatic heterocycles. The molecule has 0 aliphatic heterocycles. The number of allylic oxidation sites excluding steroid dienone is 6. The highest BCUT2D eigenvalue weighted by Gasteiger charge is 2.13. The Kier molecular flexibility index (Phi) is 7.06. The second-order valence-electron chi connectivity index (χ2n) is 8.62. The molecule has 1 aliphatic carbocycles. The zero-order valence-electron chi connectivity index (χ0n) is 17.6. The van der Waals surface area contributed by atoms with Gasteiger partial charge in [0.05, 0.1) is 0 Å². The van der Waals surface area contributed by atoms with Crippen molar-refractivity contribution in [2.75, 3.05) is 20.1 Å². The second kappa shape index (κ2) is 9.07. The van der Waals surface area contributed by atoms with Crippen molar-refractivity contribution in [2.24, 2.45) is 11.3 Å². The summed E-state index contributed by atoms with van der Waals surface area (Å²) < 4.78 is 0. The molecule has 1 atom stereocenters. The summed E-state index contributed by atoms with van der Waals surface area (Å²) in [6, 6.07) is 8.66. The first-order chi connectivity index (χ1) is 12.7. The van der Waals surface area contributed by atoms with Crippen molar-refractivity contribution in [3.05, 3.63) is 65.8 Å². The molecule has 0 heterocycles. The van der Waals surface area contributed by atoms with Crippen LogP contribution in [0.4, 0.5) is 4.79 Å². The fourth-order valence-corrected chi connectivity index (χ4v) is 3.14. The molecule has 1 aromatic rings. The van der Waals surface area contributed by atoms with Gasteiger partial charge in [0.15, 0.2) is 0 Å².